The minimum absolute atomic E-state index is 0.0737. The van der Waals surface area contributed by atoms with Crippen molar-refractivity contribution in [2.75, 3.05) is 53.6 Å². The first-order chi connectivity index (χ1) is 13.4. The van der Waals surface area contributed by atoms with Gasteiger partial charge in [-0.1, -0.05) is 6.07 Å². The van der Waals surface area contributed by atoms with Crippen LogP contribution in [0.15, 0.2) is 23.1 Å². The predicted octanol–water partition coefficient (Wildman–Crippen LogP) is 0.896. The highest BCUT2D eigenvalue weighted by Gasteiger charge is 2.30. The zero-order chi connectivity index (χ0) is 20.1. The number of rotatable bonds is 7. The molecule has 1 atom stereocenters. The number of hydrogen-bond acceptors (Lipinski definition) is 6. The smallest absolute Gasteiger partial charge is 0.246 e. The molecule has 2 aliphatic rings. The molecule has 0 aliphatic carbocycles. The maximum Gasteiger partial charge on any atom is 0.246 e. The molecule has 0 spiro atoms. The zero-order valence-electron chi connectivity index (χ0n) is 16.4. The number of ether oxygens (including phenoxy) is 3. The van der Waals surface area contributed by atoms with Gasteiger partial charge in [0.2, 0.25) is 15.9 Å². The Kier molecular flexibility index (Phi) is 6.92. The van der Waals surface area contributed by atoms with Gasteiger partial charge in [0.05, 0.1) is 32.8 Å². The lowest BCUT2D eigenvalue weighted by Gasteiger charge is -2.27. The van der Waals surface area contributed by atoms with Crippen LogP contribution in [0, 0.1) is 0 Å². The Morgan fingerprint density at radius 1 is 1.29 bits per heavy atom. The second-order valence-electron chi connectivity index (χ2n) is 7.09. The molecule has 1 aromatic carbocycles. The van der Waals surface area contributed by atoms with E-state index in [1.165, 1.54) is 11.4 Å². The minimum Gasteiger partial charge on any atom is -0.495 e. The third-order valence-corrected chi connectivity index (χ3v) is 7.02. The fourth-order valence-electron chi connectivity index (χ4n) is 3.46. The number of carbonyl (C=O) groups excluding carboxylic acids is 1. The quantitative estimate of drug-likeness (QED) is 0.661. The highest BCUT2D eigenvalue weighted by atomic mass is 32.2. The molecule has 0 aromatic heterocycles. The van der Waals surface area contributed by atoms with E-state index in [0.717, 1.165) is 19.4 Å². The van der Waals surface area contributed by atoms with E-state index in [9.17, 15) is 13.2 Å². The maximum atomic E-state index is 13.0. The molecule has 3 rings (SSSR count). The van der Waals surface area contributed by atoms with Gasteiger partial charge >= 0.3 is 0 Å². The second-order valence-corrected chi connectivity index (χ2v) is 8.99. The number of carbonyl (C=O) groups is 1. The van der Waals surface area contributed by atoms with Gasteiger partial charge in [-0.25, -0.2) is 8.42 Å². The lowest BCUT2D eigenvalue weighted by Crippen LogP contribution is -2.40. The van der Waals surface area contributed by atoms with E-state index in [-0.39, 0.29) is 29.1 Å². The largest absolute Gasteiger partial charge is 0.495 e. The molecule has 1 unspecified atom stereocenters. The lowest BCUT2D eigenvalue weighted by atomic mass is 10.1. The summed E-state index contributed by atoms with van der Waals surface area (Å²) in [5.41, 5.74) is 0.636. The van der Waals surface area contributed by atoms with E-state index in [2.05, 4.69) is 0 Å². The number of benzene rings is 1. The van der Waals surface area contributed by atoms with Gasteiger partial charge in [0.15, 0.2) is 0 Å². The normalized spacial score (nSPS) is 20.9. The predicted molar refractivity (Wildman–Crippen MR) is 103 cm³/mol. The van der Waals surface area contributed by atoms with Gasteiger partial charge in [0, 0.05) is 33.3 Å². The van der Waals surface area contributed by atoms with E-state index >= 15 is 0 Å². The standard InChI is InChI=1S/C19H28N2O6S/c1-20(14-16-4-3-9-27-16)19(22)13-15-5-6-17(25-2)18(12-15)28(23,24)21-7-10-26-11-8-21/h5-6,12,16H,3-4,7-11,13-14H2,1-2H3. The lowest BCUT2D eigenvalue weighted by molar-refractivity contribution is -0.130. The van der Waals surface area contributed by atoms with Crippen molar-refractivity contribution in [2.24, 2.45) is 0 Å². The number of likely N-dealkylation sites (N-methyl/N-ethyl adjacent to an activating group) is 1. The molecule has 0 radical (unpaired) electrons. The summed E-state index contributed by atoms with van der Waals surface area (Å²) in [7, 11) is -0.531. The van der Waals surface area contributed by atoms with Crippen molar-refractivity contribution in [1.29, 1.82) is 0 Å². The van der Waals surface area contributed by atoms with Crippen LogP contribution in [-0.4, -0.2) is 83.2 Å². The Morgan fingerprint density at radius 3 is 2.68 bits per heavy atom. The SMILES string of the molecule is COc1ccc(CC(=O)N(C)CC2CCCO2)cc1S(=O)(=O)N1CCOCC1. The average Bonchev–Trinajstić information content (AvgIpc) is 3.21. The molecule has 9 heteroatoms. The fraction of sp³-hybridized carbons (Fsp3) is 0.632. The summed E-state index contributed by atoms with van der Waals surface area (Å²) in [6.45, 7) is 2.64. The van der Waals surface area contributed by atoms with Crippen LogP contribution in [0.5, 0.6) is 5.75 Å². The number of sulfonamides is 1. The van der Waals surface area contributed by atoms with Crippen LogP contribution in [-0.2, 0) is 30.7 Å². The van der Waals surface area contributed by atoms with Gasteiger partial charge in [0.1, 0.15) is 10.6 Å². The summed E-state index contributed by atoms with van der Waals surface area (Å²) in [5, 5.41) is 0. The summed E-state index contributed by atoms with van der Waals surface area (Å²) in [6.07, 6.45) is 2.19. The van der Waals surface area contributed by atoms with E-state index in [4.69, 9.17) is 14.2 Å². The molecule has 2 heterocycles. The number of morpholine rings is 1. The van der Waals surface area contributed by atoms with E-state index in [0.29, 0.717) is 38.4 Å². The summed E-state index contributed by atoms with van der Waals surface area (Å²) in [4.78, 5) is 14.3. The molecule has 2 aliphatic heterocycles. The number of hydrogen-bond donors (Lipinski definition) is 0. The van der Waals surface area contributed by atoms with Crippen LogP contribution in [0.2, 0.25) is 0 Å². The third-order valence-electron chi connectivity index (χ3n) is 5.10. The van der Waals surface area contributed by atoms with Crippen molar-refractivity contribution in [3.63, 3.8) is 0 Å². The van der Waals surface area contributed by atoms with Crippen molar-refractivity contribution in [1.82, 2.24) is 9.21 Å². The molecule has 28 heavy (non-hydrogen) atoms. The summed E-state index contributed by atoms with van der Waals surface area (Å²) >= 11 is 0. The molecule has 0 bridgehead atoms. The molecule has 1 aromatic rings. The molecule has 0 N–H and O–H groups in total. The van der Waals surface area contributed by atoms with Crippen molar-refractivity contribution >= 4 is 15.9 Å². The average molecular weight is 413 g/mol. The third kappa shape index (κ3) is 4.83. The van der Waals surface area contributed by atoms with Crippen molar-refractivity contribution in [3.8, 4) is 5.75 Å². The number of methoxy groups -OCH3 is 1. The fourth-order valence-corrected chi connectivity index (χ4v) is 5.08. The topological polar surface area (TPSA) is 85.4 Å². The first kappa shape index (κ1) is 21.0. The first-order valence-electron chi connectivity index (χ1n) is 9.52. The van der Waals surface area contributed by atoms with Crippen molar-refractivity contribution < 1.29 is 27.4 Å². The van der Waals surface area contributed by atoms with Gasteiger partial charge in [-0.2, -0.15) is 4.31 Å². The van der Waals surface area contributed by atoms with Gasteiger partial charge < -0.3 is 19.1 Å². The Balaban J connectivity index is 1.75. The monoisotopic (exact) mass is 412 g/mol. The Bertz CT molecular complexity index is 786. The summed E-state index contributed by atoms with van der Waals surface area (Å²) < 4.78 is 43.6. The highest BCUT2D eigenvalue weighted by Crippen LogP contribution is 2.28. The van der Waals surface area contributed by atoms with Gasteiger partial charge in [0.25, 0.3) is 0 Å². The minimum atomic E-state index is -3.72. The molecular weight excluding hydrogens is 384 g/mol. The Hall–Kier alpha value is -1.68. The molecule has 2 saturated heterocycles. The van der Waals surface area contributed by atoms with Gasteiger partial charge in [-0.05, 0) is 30.5 Å². The van der Waals surface area contributed by atoms with E-state index < -0.39 is 10.0 Å². The van der Waals surface area contributed by atoms with E-state index in [1.807, 2.05) is 0 Å². The second kappa shape index (κ2) is 9.21. The Morgan fingerprint density at radius 2 is 2.04 bits per heavy atom. The number of amides is 1. The first-order valence-corrected chi connectivity index (χ1v) is 11.0. The molecule has 8 nitrogen and oxygen atoms in total. The molecule has 1 amide bonds. The maximum absolute atomic E-state index is 13.0. The van der Waals surface area contributed by atoms with Crippen LogP contribution in [0.1, 0.15) is 18.4 Å². The van der Waals surface area contributed by atoms with Crippen LogP contribution < -0.4 is 4.74 Å². The van der Waals surface area contributed by atoms with Crippen LogP contribution in [0.3, 0.4) is 0 Å². The van der Waals surface area contributed by atoms with Gasteiger partial charge in [-0.3, -0.25) is 4.79 Å². The molecular formula is C19H28N2O6S. The molecule has 156 valence electrons. The van der Waals surface area contributed by atoms with Crippen molar-refractivity contribution in [3.05, 3.63) is 23.8 Å². The summed E-state index contributed by atoms with van der Waals surface area (Å²) in [5.74, 6) is 0.200. The molecule has 2 fully saturated rings. The molecule has 0 saturated carbocycles. The number of nitrogens with zero attached hydrogens (tertiary/aromatic N) is 2. The zero-order valence-corrected chi connectivity index (χ0v) is 17.2. The highest BCUT2D eigenvalue weighted by molar-refractivity contribution is 7.89. The van der Waals surface area contributed by atoms with Crippen LogP contribution in [0.4, 0.5) is 0 Å². The van der Waals surface area contributed by atoms with Crippen LogP contribution in [0.25, 0.3) is 0 Å². The van der Waals surface area contributed by atoms with Crippen molar-refractivity contribution in [2.45, 2.75) is 30.3 Å². The van der Waals surface area contributed by atoms with Crippen LogP contribution >= 0.6 is 0 Å². The van der Waals surface area contributed by atoms with Gasteiger partial charge in [-0.15, -0.1) is 0 Å². The Labute approximate surface area is 166 Å². The summed E-state index contributed by atoms with van der Waals surface area (Å²) in [6, 6.07) is 4.88. The van der Waals surface area contributed by atoms with E-state index in [1.54, 1.807) is 30.1 Å².